The van der Waals surface area contributed by atoms with Crippen molar-refractivity contribution in [1.29, 1.82) is 0 Å². The van der Waals surface area contributed by atoms with E-state index in [-0.39, 0.29) is 5.91 Å². The SMILES string of the molecule is COc1ccc(Cl)cc1Nc1ccc(NC(=O)c2cccnc2)nc1. The fourth-order valence-corrected chi connectivity index (χ4v) is 2.33. The number of methoxy groups -OCH3 is 1. The average Bonchev–Trinajstić information content (AvgIpc) is 2.64. The van der Waals surface area contributed by atoms with E-state index < -0.39 is 0 Å². The molecule has 0 atom stereocenters. The van der Waals surface area contributed by atoms with Gasteiger partial charge >= 0.3 is 0 Å². The van der Waals surface area contributed by atoms with Crippen LogP contribution in [-0.2, 0) is 0 Å². The van der Waals surface area contributed by atoms with Gasteiger partial charge in [0.05, 0.1) is 30.2 Å². The number of nitrogens with zero attached hydrogens (tertiary/aromatic N) is 2. The van der Waals surface area contributed by atoms with Crippen molar-refractivity contribution in [3.8, 4) is 5.75 Å². The molecule has 2 aromatic heterocycles. The third-order valence-corrected chi connectivity index (χ3v) is 3.60. The van der Waals surface area contributed by atoms with Crippen LogP contribution in [-0.4, -0.2) is 23.0 Å². The minimum atomic E-state index is -0.266. The van der Waals surface area contributed by atoms with Crippen molar-refractivity contribution in [2.24, 2.45) is 0 Å². The summed E-state index contributed by atoms with van der Waals surface area (Å²) in [5.41, 5.74) is 1.93. The van der Waals surface area contributed by atoms with Crippen molar-refractivity contribution in [3.05, 3.63) is 71.6 Å². The summed E-state index contributed by atoms with van der Waals surface area (Å²) in [6.45, 7) is 0. The molecule has 0 radical (unpaired) electrons. The molecule has 0 bridgehead atoms. The number of nitrogens with one attached hydrogen (secondary N) is 2. The topological polar surface area (TPSA) is 76.1 Å². The average molecular weight is 355 g/mol. The number of anilines is 3. The number of benzene rings is 1. The van der Waals surface area contributed by atoms with Crippen LogP contribution in [0.3, 0.4) is 0 Å². The number of aromatic nitrogens is 2. The van der Waals surface area contributed by atoms with Gasteiger partial charge in [-0.05, 0) is 42.5 Å². The Bertz CT molecular complexity index is 870. The first kappa shape index (κ1) is 16.7. The predicted molar refractivity (Wildman–Crippen MR) is 97.7 cm³/mol. The predicted octanol–water partition coefficient (Wildman–Crippen LogP) is 4.13. The summed E-state index contributed by atoms with van der Waals surface area (Å²) in [5.74, 6) is 0.841. The number of halogens is 1. The second-order valence-corrected chi connectivity index (χ2v) is 5.53. The molecule has 0 aliphatic carbocycles. The lowest BCUT2D eigenvalue weighted by Gasteiger charge is -2.12. The Morgan fingerprint density at radius 3 is 2.72 bits per heavy atom. The normalized spacial score (nSPS) is 10.2. The Morgan fingerprint density at radius 2 is 2.04 bits per heavy atom. The first-order valence-corrected chi connectivity index (χ1v) is 7.81. The molecule has 1 amide bonds. The van der Waals surface area contributed by atoms with Crippen molar-refractivity contribution in [2.75, 3.05) is 17.7 Å². The summed E-state index contributed by atoms with van der Waals surface area (Å²) in [6.07, 6.45) is 4.72. The molecule has 1 aromatic carbocycles. The van der Waals surface area contributed by atoms with Crippen LogP contribution < -0.4 is 15.4 Å². The second kappa shape index (κ2) is 7.63. The maximum Gasteiger partial charge on any atom is 0.258 e. The number of hydrogen-bond acceptors (Lipinski definition) is 5. The van der Waals surface area contributed by atoms with Gasteiger partial charge in [-0.2, -0.15) is 0 Å². The third kappa shape index (κ3) is 4.24. The highest BCUT2D eigenvalue weighted by Crippen LogP contribution is 2.30. The Kier molecular flexibility index (Phi) is 5.11. The maximum atomic E-state index is 12.1. The molecule has 0 aliphatic rings. The van der Waals surface area contributed by atoms with E-state index in [9.17, 15) is 4.79 Å². The van der Waals surface area contributed by atoms with Gasteiger partial charge in [0, 0.05) is 17.4 Å². The second-order valence-electron chi connectivity index (χ2n) is 5.10. The van der Waals surface area contributed by atoms with Gasteiger partial charge in [-0.1, -0.05) is 11.6 Å². The molecule has 0 fully saturated rings. The van der Waals surface area contributed by atoms with Gasteiger partial charge in [0.15, 0.2) is 0 Å². The third-order valence-electron chi connectivity index (χ3n) is 3.37. The fourth-order valence-electron chi connectivity index (χ4n) is 2.16. The van der Waals surface area contributed by atoms with Crippen molar-refractivity contribution in [3.63, 3.8) is 0 Å². The van der Waals surface area contributed by atoms with Crippen LogP contribution in [0.25, 0.3) is 0 Å². The standard InChI is InChI=1S/C18H15ClN4O2/c1-25-16-6-4-13(19)9-15(16)22-14-5-7-17(21-11-14)23-18(24)12-3-2-8-20-10-12/h2-11,22H,1H3,(H,21,23,24). The number of pyridine rings is 2. The van der Waals surface area contributed by atoms with Crippen molar-refractivity contribution in [2.45, 2.75) is 0 Å². The summed E-state index contributed by atoms with van der Waals surface area (Å²) in [5, 5.41) is 6.49. The molecule has 0 saturated heterocycles. The van der Waals surface area contributed by atoms with E-state index in [4.69, 9.17) is 16.3 Å². The summed E-state index contributed by atoms with van der Waals surface area (Å²) in [6, 6.07) is 12.2. The molecule has 0 spiro atoms. The minimum Gasteiger partial charge on any atom is -0.495 e. The zero-order valence-electron chi connectivity index (χ0n) is 13.4. The molecular formula is C18H15ClN4O2. The first-order chi connectivity index (χ1) is 12.2. The maximum absolute atomic E-state index is 12.1. The lowest BCUT2D eigenvalue weighted by atomic mass is 10.2. The minimum absolute atomic E-state index is 0.266. The summed E-state index contributed by atoms with van der Waals surface area (Å²) in [7, 11) is 1.59. The van der Waals surface area contributed by atoms with Crippen LogP contribution in [0.1, 0.15) is 10.4 Å². The van der Waals surface area contributed by atoms with Crippen LogP contribution in [0.2, 0.25) is 5.02 Å². The highest BCUT2D eigenvalue weighted by molar-refractivity contribution is 6.31. The first-order valence-electron chi connectivity index (χ1n) is 7.44. The smallest absolute Gasteiger partial charge is 0.258 e. The molecule has 2 heterocycles. The number of amides is 1. The molecule has 2 N–H and O–H groups in total. The fraction of sp³-hybridized carbons (Fsp3) is 0.0556. The van der Waals surface area contributed by atoms with Crippen molar-refractivity contribution >= 4 is 34.7 Å². The van der Waals surface area contributed by atoms with Gasteiger partial charge < -0.3 is 15.4 Å². The Balaban J connectivity index is 1.70. The molecule has 0 unspecified atom stereocenters. The van der Waals surface area contributed by atoms with Crippen LogP contribution in [0, 0.1) is 0 Å². The lowest BCUT2D eigenvalue weighted by Crippen LogP contribution is -2.13. The summed E-state index contributed by atoms with van der Waals surface area (Å²) >= 11 is 6.02. The molecule has 3 rings (SSSR count). The number of carbonyl (C=O) groups excluding carboxylic acids is 1. The molecule has 7 heteroatoms. The van der Waals surface area contributed by atoms with E-state index in [1.165, 1.54) is 6.20 Å². The quantitative estimate of drug-likeness (QED) is 0.720. The van der Waals surface area contributed by atoms with E-state index in [0.717, 1.165) is 11.4 Å². The van der Waals surface area contributed by atoms with Crippen LogP contribution >= 0.6 is 11.6 Å². The number of carbonyl (C=O) groups is 1. The van der Waals surface area contributed by atoms with Gasteiger partial charge in [0.25, 0.3) is 5.91 Å². The molecule has 6 nitrogen and oxygen atoms in total. The van der Waals surface area contributed by atoms with Gasteiger partial charge in [-0.15, -0.1) is 0 Å². The molecule has 126 valence electrons. The van der Waals surface area contributed by atoms with Crippen LogP contribution in [0.5, 0.6) is 5.75 Å². The van der Waals surface area contributed by atoms with E-state index in [2.05, 4.69) is 20.6 Å². The van der Waals surface area contributed by atoms with Gasteiger partial charge in [0.2, 0.25) is 0 Å². The van der Waals surface area contributed by atoms with E-state index in [0.29, 0.717) is 22.2 Å². The van der Waals surface area contributed by atoms with Gasteiger partial charge in [-0.25, -0.2) is 4.98 Å². The highest BCUT2D eigenvalue weighted by atomic mass is 35.5. The molecule has 0 aliphatic heterocycles. The number of ether oxygens (including phenoxy) is 1. The van der Waals surface area contributed by atoms with Gasteiger partial charge in [0.1, 0.15) is 11.6 Å². The number of hydrogen-bond donors (Lipinski definition) is 2. The zero-order valence-corrected chi connectivity index (χ0v) is 14.1. The highest BCUT2D eigenvalue weighted by Gasteiger charge is 2.08. The van der Waals surface area contributed by atoms with Gasteiger partial charge in [-0.3, -0.25) is 9.78 Å². The van der Waals surface area contributed by atoms with Crippen molar-refractivity contribution in [1.82, 2.24) is 9.97 Å². The molecule has 25 heavy (non-hydrogen) atoms. The lowest BCUT2D eigenvalue weighted by molar-refractivity contribution is 0.102. The monoisotopic (exact) mass is 354 g/mol. The Hall–Kier alpha value is -3.12. The molecule has 0 saturated carbocycles. The number of rotatable bonds is 5. The summed E-state index contributed by atoms with van der Waals surface area (Å²) < 4.78 is 5.29. The Labute approximate surface area is 149 Å². The summed E-state index contributed by atoms with van der Waals surface area (Å²) in [4.78, 5) is 20.2. The molecule has 3 aromatic rings. The zero-order chi connectivity index (χ0) is 17.6. The van der Waals surface area contributed by atoms with Crippen LogP contribution in [0.4, 0.5) is 17.2 Å². The van der Waals surface area contributed by atoms with Crippen LogP contribution in [0.15, 0.2) is 61.1 Å². The largest absolute Gasteiger partial charge is 0.495 e. The molecular weight excluding hydrogens is 340 g/mol. The van der Waals surface area contributed by atoms with Crippen molar-refractivity contribution < 1.29 is 9.53 Å². The van der Waals surface area contributed by atoms with E-state index in [1.54, 1.807) is 62.0 Å². The van der Waals surface area contributed by atoms with E-state index >= 15 is 0 Å². The van der Waals surface area contributed by atoms with E-state index in [1.807, 2.05) is 0 Å². The Morgan fingerprint density at radius 1 is 1.16 bits per heavy atom.